The monoisotopic (exact) mass is 254 g/mol. The summed E-state index contributed by atoms with van der Waals surface area (Å²) in [6.45, 7) is 5.90. The second-order valence-electron chi connectivity index (χ2n) is 4.55. The van der Waals surface area contributed by atoms with Crippen molar-refractivity contribution < 1.29 is 9.53 Å². The smallest absolute Gasteiger partial charge is 0.322 e. The average Bonchev–Trinajstić information content (AvgIpc) is 2.26. The Labute approximate surface area is 106 Å². The van der Waals surface area contributed by atoms with E-state index in [0.717, 1.165) is 0 Å². The number of anilines is 2. The molecule has 0 saturated carbocycles. The summed E-state index contributed by atoms with van der Waals surface area (Å²) in [5.74, 6) is 0.453. The second kappa shape index (κ2) is 5.48. The van der Waals surface area contributed by atoms with Gasteiger partial charge in [-0.1, -0.05) is 0 Å². The number of urea groups is 1. The van der Waals surface area contributed by atoms with Crippen LogP contribution in [0.5, 0.6) is 6.01 Å². The van der Waals surface area contributed by atoms with Crippen molar-refractivity contribution in [2.75, 3.05) is 24.8 Å². The van der Waals surface area contributed by atoms with Crippen LogP contribution in [0.25, 0.3) is 0 Å². The topological polar surface area (TPSA) is 101 Å². The zero-order chi connectivity index (χ0) is 13.8. The van der Waals surface area contributed by atoms with Crippen LogP contribution in [0.3, 0.4) is 0 Å². The Bertz CT molecular complexity index is 429. The Morgan fingerprint density at radius 3 is 2.28 bits per heavy atom. The molecule has 1 rings (SSSR count). The highest BCUT2D eigenvalue weighted by molar-refractivity contribution is 5.87. The minimum absolute atomic E-state index is 0.118. The first-order valence-electron chi connectivity index (χ1n) is 5.41. The molecule has 0 atom stereocenters. The molecular weight excluding hydrogens is 236 g/mol. The van der Waals surface area contributed by atoms with Crippen LogP contribution >= 0.6 is 0 Å². The lowest BCUT2D eigenvalue weighted by atomic mass is 10.1. The number of hydrogen-bond donors (Lipinski definition) is 3. The molecule has 18 heavy (non-hydrogen) atoms. The molecule has 1 heterocycles. The quantitative estimate of drug-likeness (QED) is 0.739. The number of nitrogens with zero attached hydrogens (tertiary/aromatic N) is 3. The van der Waals surface area contributed by atoms with E-state index in [1.54, 1.807) is 0 Å². The zero-order valence-corrected chi connectivity index (χ0v) is 11.2. The van der Waals surface area contributed by atoms with Crippen molar-refractivity contribution in [1.82, 2.24) is 20.3 Å². The third kappa shape index (κ3) is 4.40. The molecular formula is C10H18N6O2. The van der Waals surface area contributed by atoms with Gasteiger partial charge in [-0.15, -0.1) is 0 Å². The summed E-state index contributed by atoms with van der Waals surface area (Å²) in [7, 11) is 2.95. The van der Waals surface area contributed by atoms with E-state index in [9.17, 15) is 4.79 Å². The van der Waals surface area contributed by atoms with Gasteiger partial charge in [0.05, 0.1) is 7.11 Å². The van der Waals surface area contributed by atoms with Crippen molar-refractivity contribution in [2.45, 2.75) is 26.3 Å². The first kappa shape index (κ1) is 13.9. The standard InChI is InChI=1S/C10H18N6O2/c1-10(2,3)16-7-12-6(13-8(17)11-4)14-9(15-7)18-5/h1-5H3,(H3,11,12,13,14,15,16,17). The van der Waals surface area contributed by atoms with Crippen LogP contribution in [-0.2, 0) is 0 Å². The van der Waals surface area contributed by atoms with Crippen molar-refractivity contribution in [3.63, 3.8) is 0 Å². The van der Waals surface area contributed by atoms with E-state index in [4.69, 9.17) is 4.74 Å². The van der Waals surface area contributed by atoms with Crippen LogP contribution in [0.1, 0.15) is 20.8 Å². The number of amides is 2. The third-order valence-corrected chi connectivity index (χ3v) is 1.74. The van der Waals surface area contributed by atoms with Gasteiger partial charge in [-0.25, -0.2) is 4.79 Å². The van der Waals surface area contributed by atoms with Gasteiger partial charge in [0.1, 0.15) is 0 Å². The van der Waals surface area contributed by atoms with Crippen LogP contribution in [0.2, 0.25) is 0 Å². The number of carbonyl (C=O) groups is 1. The predicted octanol–water partition coefficient (Wildman–Crippen LogP) is 0.842. The van der Waals surface area contributed by atoms with E-state index in [1.807, 2.05) is 20.8 Å². The number of nitrogens with one attached hydrogen (secondary N) is 3. The van der Waals surface area contributed by atoms with Crippen molar-refractivity contribution in [3.8, 4) is 6.01 Å². The van der Waals surface area contributed by atoms with E-state index < -0.39 is 6.03 Å². The molecule has 0 aromatic carbocycles. The lowest BCUT2D eigenvalue weighted by molar-refractivity contribution is 0.253. The van der Waals surface area contributed by atoms with Gasteiger partial charge >= 0.3 is 12.0 Å². The number of hydrogen-bond acceptors (Lipinski definition) is 6. The lowest BCUT2D eigenvalue weighted by Gasteiger charge is -2.20. The molecule has 0 fully saturated rings. The summed E-state index contributed by atoms with van der Waals surface area (Å²) >= 11 is 0. The molecule has 0 aliphatic carbocycles. The number of aromatic nitrogens is 3. The summed E-state index contributed by atoms with van der Waals surface area (Å²) in [6, 6.07) is -0.284. The van der Waals surface area contributed by atoms with E-state index in [1.165, 1.54) is 14.2 Å². The van der Waals surface area contributed by atoms with E-state index in [2.05, 4.69) is 30.9 Å². The third-order valence-electron chi connectivity index (χ3n) is 1.74. The molecule has 3 N–H and O–H groups in total. The highest BCUT2D eigenvalue weighted by Crippen LogP contribution is 2.14. The maximum absolute atomic E-state index is 11.2. The fourth-order valence-electron chi connectivity index (χ4n) is 1.06. The Hall–Kier alpha value is -2.12. The molecule has 0 bridgehead atoms. The zero-order valence-electron chi connectivity index (χ0n) is 11.2. The second-order valence-corrected chi connectivity index (χ2v) is 4.55. The van der Waals surface area contributed by atoms with Crippen LogP contribution in [0.15, 0.2) is 0 Å². The summed E-state index contributed by atoms with van der Waals surface area (Å²) < 4.78 is 4.95. The largest absolute Gasteiger partial charge is 0.467 e. The normalized spacial score (nSPS) is 10.7. The predicted molar refractivity (Wildman–Crippen MR) is 67.8 cm³/mol. The number of carbonyl (C=O) groups excluding carboxylic acids is 1. The van der Waals surface area contributed by atoms with Gasteiger partial charge in [-0.3, -0.25) is 5.32 Å². The number of rotatable bonds is 3. The summed E-state index contributed by atoms with van der Waals surface area (Å²) in [4.78, 5) is 23.2. The van der Waals surface area contributed by atoms with Gasteiger partial charge < -0.3 is 15.4 Å². The van der Waals surface area contributed by atoms with Gasteiger partial charge in [0, 0.05) is 12.6 Å². The first-order chi connectivity index (χ1) is 8.34. The molecule has 1 aromatic rings. The minimum atomic E-state index is -0.412. The molecule has 8 nitrogen and oxygen atoms in total. The van der Waals surface area contributed by atoms with Crippen molar-refractivity contribution in [3.05, 3.63) is 0 Å². The van der Waals surface area contributed by atoms with Gasteiger partial charge in [0.15, 0.2) is 0 Å². The first-order valence-corrected chi connectivity index (χ1v) is 5.41. The maximum atomic E-state index is 11.2. The van der Waals surface area contributed by atoms with Gasteiger partial charge in [0.25, 0.3) is 0 Å². The molecule has 8 heteroatoms. The number of ether oxygens (including phenoxy) is 1. The van der Waals surface area contributed by atoms with Crippen LogP contribution in [-0.4, -0.2) is 40.7 Å². The fraction of sp³-hybridized carbons (Fsp3) is 0.600. The Morgan fingerprint density at radius 1 is 1.17 bits per heavy atom. The highest BCUT2D eigenvalue weighted by atomic mass is 16.5. The van der Waals surface area contributed by atoms with Gasteiger partial charge in [-0.05, 0) is 20.8 Å². The van der Waals surface area contributed by atoms with Crippen molar-refractivity contribution in [2.24, 2.45) is 0 Å². The van der Waals surface area contributed by atoms with Crippen LogP contribution < -0.4 is 20.7 Å². The molecule has 0 aliphatic heterocycles. The molecule has 0 aliphatic rings. The van der Waals surface area contributed by atoms with Crippen molar-refractivity contribution >= 4 is 17.9 Å². The van der Waals surface area contributed by atoms with E-state index in [0.29, 0.717) is 5.95 Å². The van der Waals surface area contributed by atoms with Crippen LogP contribution in [0.4, 0.5) is 16.7 Å². The van der Waals surface area contributed by atoms with Gasteiger partial charge in [0.2, 0.25) is 11.9 Å². The number of methoxy groups -OCH3 is 1. The van der Waals surface area contributed by atoms with Crippen molar-refractivity contribution in [1.29, 1.82) is 0 Å². The Balaban J connectivity index is 2.98. The summed E-state index contributed by atoms with van der Waals surface area (Å²) in [5, 5.41) is 7.94. The highest BCUT2D eigenvalue weighted by Gasteiger charge is 2.14. The minimum Gasteiger partial charge on any atom is -0.467 e. The summed E-state index contributed by atoms with van der Waals surface area (Å²) in [6.07, 6.45) is 0. The van der Waals surface area contributed by atoms with E-state index in [-0.39, 0.29) is 17.5 Å². The average molecular weight is 254 g/mol. The summed E-state index contributed by atoms with van der Waals surface area (Å²) in [5.41, 5.74) is -0.212. The fourth-order valence-corrected chi connectivity index (χ4v) is 1.06. The molecule has 0 radical (unpaired) electrons. The Kier molecular flexibility index (Phi) is 4.24. The molecule has 1 aromatic heterocycles. The molecule has 2 amide bonds. The van der Waals surface area contributed by atoms with Gasteiger partial charge in [-0.2, -0.15) is 15.0 Å². The molecule has 0 spiro atoms. The SMILES string of the molecule is CNC(=O)Nc1nc(NC(C)(C)C)nc(OC)n1. The van der Waals surface area contributed by atoms with E-state index >= 15 is 0 Å². The van der Waals surface area contributed by atoms with Crippen LogP contribution in [0, 0.1) is 0 Å². The molecule has 0 saturated heterocycles. The lowest BCUT2D eigenvalue weighted by Crippen LogP contribution is -2.29. The molecule has 0 unspecified atom stereocenters. The molecule has 100 valence electrons. The Morgan fingerprint density at radius 2 is 1.78 bits per heavy atom. The maximum Gasteiger partial charge on any atom is 0.322 e.